The Bertz CT molecular complexity index is 822. The number of H-pyrrole nitrogens is 1. The van der Waals surface area contributed by atoms with Gasteiger partial charge in [0, 0.05) is 31.3 Å². The summed E-state index contributed by atoms with van der Waals surface area (Å²) in [5.74, 6) is -0.0670. The highest BCUT2D eigenvalue weighted by atomic mass is 16.2. The molecule has 7 heteroatoms. The molecule has 126 valence electrons. The van der Waals surface area contributed by atoms with E-state index in [0.29, 0.717) is 37.0 Å². The molecular formula is C17H20N4O3. The fourth-order valence-electron chi connectivity index (χ4n) is 3.08. The van der Waals surface area contributed by atoms with Gasteiger partial charge in [-0.15, -0.1) is 0 Å². The summed E-state index contributed by atoms with van der Waals surface area (Å²) in [5, 5.41) is 10.7. The van der Waals surface area contributed by atoms with Crippen LogP contribution in [0.3, 0.4) is 0 Å². The second-order valence-electron chi connectivity index (χ2n) is 6.04. The summed E-state index contributed by atoms with van der Waals surface area (Å²) in [7, 11) is 0. The van der Waals surface area contributed by atoms with Gasteiger partial charge in [0.25, 0.3) is 5.56 Å². The monoisotopic (exact) mass is 328 g/mol. The van der Waals surface area contributed by atoms with Gasteiger partial charge >= 0.3 is 0 Å². The zero-order valence-corrected chi connectivity index (χ0v) is 13.5. The smallest absolute Gasteiger partial charge is 0.272 e. The van der Waals surface area contributed by atoms with E-state index in [9.17, 15) is 14.4 Å². The standard InChI is InChI=1S/C17H20N4O3/c1-11(22)21-8-6-12(7-9-21)16(23)18-10-15-13-4-2-3-5-14(13)17(24)20-19-15/h2-5,12H,6-10H2,1H3,(H,18,23)(H,20,24). The molecular weight excluding hydrogens is 308 g/mol. The lowest BCUT2D eigenvalue weighted by Crippen LogP contribution is -2.42. The number of amides is 2. The molecule has 0 aliphatic carbocycles. The van der Waals surface area contributed by atoms with Gasteiger partial charge in [-0.25, -0.2) is 5.10 Å². The number of likely N-dealkylation sites (tertiary alicyclic amines) is 1. The number of aromatic nitrogens is 2. The number of hydrogen-bond acceptors (Lipinski definition) is 4. The molecule has 2 aromatic rings. The Morgan fingerprint density at radius 2 is 1.92 bits per heavy atom. The first kappa shape index (κ1) is 16.2. The fourth-order valence-corrected chi connectivity index (χ4v) is 3.08. The highest BCUT2D eigenvalue weighted by Gasteiger charge is 2.25. The lowest BCUT2D eigenvalue weighted by atomic mass is 9.96. The normalized spacial score (nSPS) is 15.5. The number of rotatable bonds is 3. The van der Waals surface area contributed by atoms with E-state index in [4.69, 9.17) is 0 Å². The van der Waals surface area contributed by atoms with Crippen LogP contribution in [0.5, 0.6) is 0 Å². The predicted octanol–water partition coefficient (Wildman–Crippen LogP) is 0.798. The number of piperidine rings is 1. The van der Waals surface area contributed by atoms with Gasteiger partial charge in [0.05, 0.1) is 17.6 Å². The van der Waals surface area contributed by atoms with Crippen LogP contribution >= 0.6 is 0 Å². The molecule has 0 spiro atoms. The van der Waals surface area contributed by atoms with Crippen molar-refractivity contribution in [3.05, 3.63) is 40.3 Å². The number of aromatic amines is 1. The van der Waals surface area contributed by atoms with E-state index < -0.39 is 0 Å². The minimum atomic E-state index is -0.239. The number of nitrogens with zero attached hydrogens (tertiary/aromatic N) is 2. The second-order valence-corrected chi connectivity index (χ2v) is 6.04. The molecule has 0 unspecified atom stereocenters. The lowest BCUT2D eigenvalue weighted by Gasteiger charge is -2.30. The zero-order valence-electron chi connectivity index (χ0n) is 13.5. The molecule has 0 saturated carbocycles. The average Bonchev–Trinajstić information content (AvgIpc) is 2.61. The minimum Gasteiger partial charge on any atom is -0.350 e. The molecule has 1 aliphatic rings. The second kappa shape index (κ2) is 6.82. The quantitative estimate of drug-likeness (QED) is 0.871. The van der Waals surface area contributed by atoms with Crippen molar-refractivity contribution >= 4 is 22.6 Å². The number of benzene rings is 1. The number of carbonyl (C=O) groups is 2. The van der Waals surface area contributed by atoms with Crippen LogP contribution in [0.2, 0.25) is 0 Å². The van der Waals surface area contributed by atoms with E-state index in [1.165, 1.54) is 0 Å². The highest BCUT2D eigenvalue weighted by Crippen LogP contribution is 2.18. The van der Waals surface area contributed by atoms with E-state index in [1.807, 2.05) is 12.1 Å². The maximum atomic E-state index is 12.3. The van der Waals surface area contributed by atoms with Crippen LogP contribution in [-0.4, -0.2) is 40.0 Å². The van der Waals surface area contributed by atoms with Gasteiger partial charge in [-0.1, -0.05) is 18.2 Å². The first-order valence-electron chi connectivity index (χ1n) is 8.06. The van der Waals surface area contributed by atoms with Crippen molar-refractivity contribution in [2.45, 2.75) is 26.3 Å². The topological polar surface area (TPSA) is 95.2 Å². The molecule has 1 saturated heterocycles. The Morgan fingerprint density at radius 3 is 2.58 bits per heavy atom. The molecule has 1 fully saturated rings. The number of carbonyl (C=O) groups excluding carboxylic acids is 2. The van der Waals surface area contributed by atoms with Crippen molar-refractivity contribution in [2.75, 3.05) is 13.1 Å². The molecule has 1 aromatic heterocycles. The van der Waals surface area contributed by atoms with Gasteiger partial charge < -0.3 is 10.2 Å². The van der Waals surface area contributed by atoms with Crippen molar-refractivity contribution in [2.24, 2.45) is 5.92 Å². The van der Waals surface area contributed by atoms with Gasteiger partial charge in [-0.05, 0) is 18.9 Å². The van der Waals surface area contributed by atoms with Crippen LogP contribution in [0.25, 0.3) is 10.8 Å². The summed E-state index contributed by atoms with van der Waals surface area (Å²) in [6.45, 7) is 3.05. The largest absolute Gasteiger partial charge is 0.350 e. The fraction of sp³-hybridized carbons (Fsp3) is 0.412. The minimum absolute atomic E-state index is 0.0321. The first-order valence-corrected chi connectivity index (χ1v) is 8.06. The van der Waals surface area contributed by atoms with Gasteiger partial charge in [0.1, 0.15) is 0 Å². The summed E-state index contributed by atoms with van der Waals surface area (Å²) in [4.78, 5) is 37.2. The molecule has 24 heavy (non-hydrogen) atoms. The Kier molecular flexibility index (Phi) is 4.59. The van der Waals surface area contributed by atoms with Crippen molar-refractivity contribution in [3.8, 4) is 0 Å². The molecule has 0 atom stereocenters. The van der Waals surface area contributed by atoms with Gasteiger partial charge in [0.15, 0.2) is 0 Å². The van der Waals surface area contributed by atoms with Crippen LogP contribution < -0.4 is 10.9 Å². The number of hydrogen-bond donors (Lipinski definition) is 2. The van der Waals surface area contributed by atoms with Crippen LogP contribution in [0.1, 0.15) is 25.5 Å². The van der Waals surface area contributed by atoms with E-state index >= 15 is 0 Å². The van der Waals surface area contributed by atoms with Crippen molar-refractivity contribution in [1.29, 1.82) is 0 Å². The van der Waals surface area contributed by atoms with Crippen molar-refractivity contribution in [3.63, 3.8) is 0 Å². The molecule has 2 N–H and O–H groups in total. The van der Waals surface area contributed by atoms with E-state index in [-0.39, 0.29) is 29.8 Å². The molecule has 0 radical (unpaired) electrons. The predicted molar refractivity (Wildman–Crippen MR) is 89.2 cm³/mol. The van der Waals surface area contributed by atoms with Gasteiger partial charge in [-0.2, -0.15) is 5.10 Å². The summed E-state index contributed by atoms with van der Waals surface area (Å²) in [6.07, 6.45) is 1.34. The van der Waals surface area contributed by atoms with Gasteiger partial charge in [-0.3, -0.25) is 14.4 Å². The summed E-state index contributed by atoms with van der Waals surface area (Å²) in [6, 6.07) is 7.19. The Morgan fingerprint density at radius 1 is 1.25 bits per heavy atom. The molecule has 3 rings (SSSR count). The maximum absolute atomic E-state index is 12.3. The van der Waals surface area contributed by atoms with Crippen LogP contribution in [0.4, 0.5) is 0 Å². The average molecular weight is 328 g/mol. The molecule has 1 aliphatic heterocycles. The Balaban J connectivity index is 1.64. The van der Waals surface area contributed by atoms with Crippen LogP contribution in [0, 0.1) is 5.92 Å². The number of fused-ring (bicyclic) bond motifs is 1. The molecule has 2 amide bonds. The highest BCUT2D eigenvalue weighted by molar-refractivity contribution is 5.84. The zero-order chi connectivity index (χ0) is 17.1. The molecule has 7 nitrogen and oxygen atoms in total. The Hall–Kier alpha value is -2.70. The summed E-state index contributed by atoms with van der Waals surface area (Å²) in [5.41, 5.74) is 0.400. The van der Waals surface area contributed by atoms with E-state index in [1.54, 1.807) is 24.0 Å². The van der Waals surface area contributed by atoms with E-state index in [0.717, 1.165) is 5.39 Å². The Labute approximate surface area is 139 Å². The third-order valence-corrected chi connectivity index (χ3v) is 4.52. The third-order valence-electron chi connectivity index (χ3n) is 4.52. The lowest BCUT2D eigenvalue weighted by molar-refractivity contribution is -0.134. The van der Waals surface area contributed by atoms with E-state index in [2.05, 4.69) is 15.5 Å². The molecule has 2 heterocycles. The van der Waals surface area contributed by atoms with Crippen molar-refractivity contribution in [1.82, 2.24) is 20.4 Å². The SMILES string of the molecule is CC(=O)N1CCC(C(=O)NCc2n[nH]c(=O)c3ccccc23)CC1. The van der Waals surface area contributed by atoms with Crippen LogP contribution in [-0.2, 0) is 16.1 Å². The summed E-state index contributed by atoms with van der Waals surface area (Å²) < 4.78 is 0. The molecule has 1 aromatic carbocycles. The maximum Gasteiger partial charge on any atom is 0.272 e. The van der Waals surface area contributed by atoms with Gasteiger partial charge in [0.2, 0.25) is 11.8 Å². The van der Waals surface area contributed by atoms with Crippen LogP contribution in [0.15, 0.2) is 29.1 Å². The number of nitrogens with one attached hydrogen (secondary N) is 2. The van der Waals surface area contributed by atoms with Crippen molar-refractivity contribution < 1.29 is 9.59 Å². The third kappa shape index (κ3) is 3.29. The molecule has 0 bridgehead atoms. The first-order chi connectivity index (χ1) is 11.6. The summed E-state index contributed by atoms with van der Waals surface area (Å²) >= 11 is 0.